The summed E-state index contributed by atoms with van der Waals surface area (Å²) in [7, 11) is 0. The Hall–Kier alpha value is -5.03. The monoisotopic (exact) mass is 596 g/mol. The maximum atomic E-state index is 14.0. The highest BCUT2D eigenvalue weighted by atomic mass is 32.2. The number of ether oxygens (including phenoxy) is 2. The van der Waals surface area contributed by atoms with Crippen molar-refractivity contribution in [1.82, 2.24) is 15.1 Å². The third kappa shape index (κ3) is 5.23. The van der Waals surface area contributed by atoms with E-state index in [1.165, 1.54) is 35.1 Å². The smallest absolute Gasteiger partial charge is 0.240 e. The van der Waals surface area contributed by atoms with Crippen molar-refractivity contribution in [2.75, 3.05) is 24.0 Å². The number of nitrogens with zero attached hydrogens (tertiary/aromatic N) is 3. The van der Waals surface area contributed by atoms with Crippen LogP contribution in [0.4, 0.5) is 10.2 Å². The number of fused-ring (bicyclic) bond motifs is 2. The summed E-state index contributed by atoms with van der Waals surface area (Å²) < 4.78 is 32.2. The third-order valence-electron chi connectivity index (χ3n) is 7.25. The predicted octanol–water partition coefficient (Wildman–Crippen LogP) is 5.49. The molecular formula is C32H25FN4O5S. The van der Waals surface area contributed by atoms with Crippen molar-refractivity contribution in [2.45, 2.75) is 11.8 Å². The first-order valence-electron chi connectivity index (χ1n) is 13.6. The summed E-state index contributed by atoms with van der Waals surface area (Å²) in [6.07, 6.45) is 1.53. The molecule has 43 heavy (non-hydrogen) atoms. The quantitative estimate of drug-likeness (QED) is 0.266. The van der Waals surface area contributed by atoms with Gasteiger partial charge >= 0.3 is 0 Å². The number of hydrogen-bond donors (Lipinski definition) is 1. The van der Waals surface area contributed by atoms with Crippen LogP contribution in [0.25, 0.3) is 16.9 Å². The number of nitrogens with one attached hydrogen (secondary N) is 1. The largest absolute Gasteiger partial charge is 0.467 e. The second-order valence-electron chi connectivity index (χ2n) is 9.98. The second kappa shape index (κ2) is 11.3. The number of aromatic nitrogens is 2. The van der Waals surface area contributed by atoms with Crippen molar-refractivity contribution in [3.63, 3.8) is 0 Å². The van der Waals surface area contributed by atoms with Crippen molar-refractivity contribution in [3.8, 4) is 28.4 Å². The van der Waals surface area contributed by atoms with Crippen LogP contribution in [0.2, 0.25) is 0 Å². The lowest BCUT2D eigenvalue weighted by Crippen LogP contribution is -2.42. The van der Waals surface area contributed by atoms with Crippen molar-refractivity contribution < 1.29 is 27.9 Å². The number of carbonyl (C=O) groups is 2. The van der Waals surface area contributed by atoms with Gasteiger partial charge in [-0.15, -0.1) is 11.8 Å². The van der Waals surface area contributed by atoms with Crippen molar-refractivity contribution in [3.05, 3.63) is 114 Å². The van der Waals surface area contributed by atoms with Crippen molar-refractivity contribution in [1.29, 1.82) is 0 Å². The zero-order valence-electron chi connectivity index (χ0n) is 22.7. The molecule has 0 aliphatic carbocycles. The number of carbonyl (C=O) groups excluding carboxylic acids is 2. The molecule has 0 unspecified atom stereocenters. The number of amides is 2. The predicted molar refractivity (Wildman–Crippen MR) is 159 cm³/mol. The Morgan fingerprint density at radius 2 is 1.81 bits per heavy atom. The fourth-order valence-electron chi connectivity index (χ4n) is 5.23. The molecule has 0 saturated heterocycles. The van der Waals surface area contributed by atoms with E-state index in [4.69, 9.17) is 19.0 Å². The first kappa shape index (κ1) is 26.8. The Kier molecular flexibility index (Phi) is 7.07. The fourth-order valence-corrected chi connectivity index (χ4v) is 6.42. The summed E-state index contributed by atoms with van der Waals surface area (Å²) in [6, 6.07) is 24.8. The summed E-state index contributed by atoms with van der Waals surface area (Å²) in [6.45, 7) is 0.0723. The third-order valence-corrected chi connectivity index (χ3v) is 8.50. The van der Waals surface area contributed by atoms with Crippen LogP contribution < -0.4 is 19.7 Å². The van der Waals surface area contributed by atoms with E-state index in [0.717, 1.165) is 16.7 Å². The topological polar surface area (TPSA) is 98.8 Å². The number of hydrogen-bond acceptors (Lipinski definition) is 7. The van der Waals surface area contributed by atoms with Gasteiger partial charge in [0.25, 0.3) is 0 Å². The molecule has 2 aliphatic heterocycles. The molecule has 1 atom stereocenters. The Bertz CT molecular complexity index is 1790. The SMILES string of the molecule is O=C(CN1C(=O)CS[C@H](c2ccc3c(c2)OCO3)c2c(-c3ccccc3)nn(-c3ccc(F)cc3)c21)NCc1ccco1. The number of benzene rings is 3. The lowest BCUT2D eigenvalue weighted by Gasteiger charge is -2.23. The van der Waals surface area contributed by atoms with Gasteiger partial charge in [0, 0.05) is 11.1 Å². The molecule has 0 bridgehead atoms. The molecule has 3 aromatic carbocycles. The van der Waals surface area contributed by atoms with Gasteiger partial charge in [-0.25, -0.2) is 9.07 Å². The number of furan rings is 1. The summed E-state index contributed by atoms with van der Waals surface area (Å²) in [4.78, 5) is 28.6. The van der Waals surface area contributed by atoms with Crippen LogP contribution in [0.5, 0.6) is 11.5 Å². The lowest BCUT2D eigenvalue weighted by atomic mass is 9.99. The average Bonchev–Trinajstić information content (AvgIpc) is 3.79. The van der Waals surface area contributed by atoms with E-state index in [1.807, 2.05) is 48.5 Å². The fraction of sp³-hybridized carbons (Fsp3) is 0.156. The molecule has 2 amide bonds. The summed E-state index contributed by atoms with van der Waals surface area (Å²) in [5, 5.41) is 7.50. The van der Waals surface area contributed by atoms with E-state index in [-0.39, 0.29) is 42.7 Å². The minimum atomic E-state index is -0.399. The van der Waals surface area contributed by atoms with E-state index >= 15 is 0 Å². The summed E-state index contributed by atoms with van der Waals surface area (Å²) in [5.74, 6) is 1.39. The molecule has 2 aromatic heterocycles. The van der Waals surface area contributed by atoms with E-state index in [0.29, 0.717) is 34.5 Å². The molecule has 4 heterocycles. The van der Waals surface area contributed by atoms with Crippen LogP contribution in [0.15, 0.2) is 95.6 Å². The molecule has 9 nitrogen and oxygen atoms in total. The average molecular weight is 597 g/mol. The highest BCUT2D eigenvalue weighted by Gasteiger charge is 2.38. The zero-order chi connectivity index (χ0) is 29.3. The standard InChI is InChI=1S/C32H25FN4O5S/c33-22-9-11-23(12-10-22)37-32-29(30(35-37)20-5-2-1-3-6-20)31(21-8-13-25-26(15-21)42-19-41-25)43-18-28(39)36(32)17-27(38)34-16-24-7-4-14-40-24/h1-15,31H,16-19H2,(H,34,38)/t31-/m1/s1. The van der Waals surface area contributed by atoms with Gasteiger partial charge < -0.3 is 19.2 Å². The van der Waals surface area contributed by atoms with Crippen LogP contribution in [0.3, 0.4) is 0 Å². The normalized spacial score (nSPS) is 15.7. The van der Waals surface area contributed by atoms with Crippen LogP contribution in [-0.2, 0) is 16.1 Å². The van der Waals surface area contributed by atoms with Crippen LogP contribution in [-0.4, -0.2) is 40.7 Å². The molecule has 0 radical (unpaired) electrons. The first-order chi connectivity index (χ1) is 21.0. The molecule has 0 fully saturated rings. The van der Waals surface area contributed by atoms with Gasteiger partial charge in [-0.05, 0) is 54.1 Å². The minimum absolute atomic E-state index is 0.108. The zero-order valence-corrected chi connectivity index (χ0v) is 23.6. The minimum Gasteiger partial charge on any atom is -0.467 e. The number of halogens is 1. The second-order valence-corrected chi connectivity index (χ2v) is 11.1. The summed E-state index contributed by atoms with van der Waals surface area (Å²) in [5.41, 5.74) is 3.67. The Balaban J connectivity index is 1.40. The highest BCUT2D eigenvalue weighted by Crippen LogP contribution is 2.50. The Morgan fingerprint density at radius 1 is 1.00 bits per heavy atom. The Labute approximate surface area is 250 Å². The molecule has 5 aromatic rings. The number of anilines is 1. The van der Waals surface area contributed by atoms with E-state index in [9.17, 15) is 14.0 Å². The van der Waals surface area contributed by atoms with E-state index < -0.39 is 5.82 Å². The van der Waals surface area contributed by atoms with Crippen molar-refractivity contribution in [2.24, 2.45) is 0 Å². The van der Waals surface area contributed by atoms with Crippen LogP contribution in [0.1, 0.15) is 22.1 Å². The Morgan fingerprint density at radius 3 is 2.60 bits per heavy atom. The molecule has 7 rings (SSSR count). The van der Waals surface area contributed by atoms with Gasteiger partial charge in [0.1, 0.15) is 23.9 Å². The van der Waals surface area contributed by atoms with Crippen molar-refractivity contribution >= 4 is 29.4 Å². The maximum absolute atomic E-state index is 14.0. The van der Waals surface area contributed by atoms with E-state index in [2.05, 4.69) is 5.32 Å². The van der Waals surface area contributed by atoms with Gasteiger partial charge in [0.2, 0.25) is 18.6 Å². The van der Waals surface area contributed by atoms with Crippen LogP contribution in [0, 0.1) is 5.82 Å². The molecular weight excluding hydrogens is 571 g/mol. The van der Waals surface area contributed by atoms with Gasteiger partial charge in [-0.1, -0.05) is 36.4 Å². The summed E-state index contributed by atoms with van der Waals surface area (Å²) >= 11 is 1.45. The molecule has 11 heteroatoms. The molecule has 1 N–H and O–H groups in total. The molecule has 0 saturated carbocycles. The number of thioether (sulfide) groups is 1. The molecule has 2 aliphatic rings. The lowest BCUT2D eigenvalue weighted by molar-refractivity contribution is -0.123. The maximum Gasteiger partial charge on any atom is 0.240 e. The molecule has 216 valence electrons. The van der Waals surface area contributed by atoms with Gasteiger partial charge in [0.05, 0.1) is 35.2 Å². The van der Waals surface area contributed by atoms with Gasteiger partial charge in [-0.3, -0.25) is 14.5 Å². The number of rotatable bonds is 7. The van der Waals surface area contributed by atoms with Gasteiger partial charge in [0.15, 0.2) is 11.5 Å². The highest BCUT2D eigenvalue weighted by molar-refractivity contribution is 8.00. The van der Waals surface area contributed by atoms with Gasteiger partial charge in [-0.2, -0.15) is 5.10 Å². The van der Waals surface area contributed by atoms with E-state index in [1.54, 1.807) is 28.9 Å². The first-order valence-corrected chi connectivity index (χ1v) is 14.6. The van der Waals surface area contributed by atoms with Crippen LogP contribution >= 0.6 is 11.8 Å². The molecule has 0 spiro atoms.